The first-order valence-corrected chi connectivity index (χ1v) is 11.5. The molecule has 1 aromatic carbocycles. The van der Waals surface area contributed by atoms with Crippen LogP contribution in [0, 0.1) is 11.8 Å². The minimum Gasteiger partial charge on any atom is -0.378 e. The molecule has 0 aliphatic heterocycles. The van der Waals surface area contributed by atoms with Crippen LogP contribution in [-0.4, -0.2) is 26.3 Å². The van der Waals surface area contributed by atoms with Crippen molar-refractivity contribution in [3.63, 3.8) is 0 Å². The van der Waals surface area contributed by atoms with Gasteiger partial charge < -0.3 is 9.30 Å². The summed E-state index contributed by atoms with van der Waals surface area (Å²) in [5.41, 5.74) is 4.08. The molecule has 0 amide bonds. The van der Waals surface area contributed by atoms with Crippen LogP contribution in [0.25, 0.3) is 27.7 Å². The van der Waals surface area contributed by atoms with Crippen LogP contribution >= 0.6 is 11.6 Å². The molecule has 5 rings (SSSR count). The van der Waals surface area contributed by atoms with Crippen LogP contribution in [0.15, 0.2) is 47.5 Å². The highest BCUT2D eigenvalue weighted by atomic mass is 35.5. The molecule has 32 heavy (non-hydrogen) atoms. The monoisotopic (exact) mass is 450 g/mol. The van der Waals surface area contributed by atoms with E-state index < -0.39 is 0 Å². The summed E-state index contributed by atoms with van der Waals surface area (Å²) in [6.07, 6.45) is 7.04. The van der Waals surface area contributed by atoms with E-state index in [1.807, 2.05) is 41.1 Å². The highest BCUT2D eigenvalue weighted by Crippen LogP contribution is 2.37. The van der Waals surface area contributed by atoms with Gasteiger partial charge in [0.15, 0.2) is 5.65 Å². The van der Waals surface area contributed by atoms with E-state index in [1.165, 1.54) is 6.42 Å². The van der Waals surface area contributed by atoms with Crippen LogP contribution in [0.2, 0.25) is 5.02 Å². The average Bonchev–Trinajstić information content (AvgIpc) is 3.15. The minimum atomic E-state index is -0.000292. The Labute approximate surface area is 191 Å². The number of hydrogen-bond acceptors (Lipinski definition) is 4. The second-order valence-corrected chi connectivity index (χ2v) is 9.35. The van der Waals surface area contributed by atoms with Crippen LogP contribution in [0.4, 0.5) is 0 Å². The van der Waals surface area contributed by atoms with Crippen molar-refractivity contribution < 1.29 is 4.74 Å². The van der Waals surface area contributed by atoms with E-state index in [9.17, 15) is 4.79 Å². The maximum Gasteiger partial charge on any atom is 0.261 e. The van der Waals surface area contributed by atoms with Crippen molar-refractivity contribution in [3.8, 4) is 11.1 Å². The molecule has 7 heteroatoms. The number of hydrogen-bond donors (Lipinski definition) is 0. The third-order valence-electron chi connectivity index (χ3n) is 7.05. The Kier molecular flexibility index (Phi) is 5.51. The first kappa shape index (κ1) is 21.2. The lowest BCUT2D eigenvalue weighted by Gasteiger charge is -2.35. The highest BCUT2D eigenvalue weighted by molar-refractivity contribution is 6.30. The predicted octanol–water partition coefficient (Wildman–Crippen LogP) is 5.51. The lowest BCUT2D eigenvalue weighted by molar-refractivity contribution is 0.181. The lowest BCUT2D eigenvalue weighted by Crippen LogP contribution is -2.33. The van der Waals surface area contributed by atoms with E-state index >= 15 is 0 Å². The first-order chi connectivity index (χ1) is 15.5. The normalized spacial score (nSPS) is 21.4. The van der Waals surface area contributed by atoms with Gasteiger partial charge in [0.25, 0.3) is 5.56 Å². The predicted molar refractivity (Wildman–Crippen MR) is 127 cm³/mol. The summed E-state index contributed by atoms with van der Waals surface area (Å²) in [5.74, 6) is 1.08. The van der Waals surface area contributed by atoms with E-state index in [0.717, 1.165) is 35.2 Å². The van der Waals surface area contributed by atoms with E-state index in [1.54, 1.807) is 17.8 Å². The van der Waals surface area contributed by atoms with Gasteiger partial charge in [-0.15, -0.1) is 0 Å². The van der Waals surface area contributed by atoms with E-state index in [2.05, 4.69) is 13.8 Å². The molecule has 0 saturated heterocycles. The highest BCUT2D eigenvalue weighted by Gasteiger charge is 2.29. The molecular weight excluding hydrogens is 424 g/mol. The van der Waals surface area contributed by atoms with Crippen LogP contribution in [0.3, 0.4) is 0 Å². The van der Waals surface area contributed by atoms with Gasteiger partial charge in [0, 0.05) is 30.6 Å². The number of pyridine rings is 1. The van der Waals surface area contributed by atoms with Crippen LogP contribution < -0.4 is 5.56 Å². The Bertz CT molecular complexity index is 1340. The summed E-state index contributed by atoms with van der Waals surface area (Å²) >= 11 is 6.09. The molecular formula is C25H27ClN4O2. The number of benzene rings is 1. The number of nitrogens with zero attached hydrogens (tertiary/aromatic N) is 4. The zero-order chi connectivity index (χ0) is 22.4. The summed E-state index contributed by atoms with van der Waals surface area (Å²) in [7, 11) is 1.65. The third kappa shape index (κ3) is 3.42. The van der Waals surface area contributed by atoms with Crippen molar-refractivity contribution in [1.29, 1.82) is 0 Å². The van der Waals surface area contributed by atoms with Gasteiger partial charge in [-0.2, -0.15) is 5.10 Å². The van der Waals surface area contributed by atoms with E-state index in [-0.39, 0.29) is 11.6 Å². The number of ether oxygens (including phenoxy) is 1. The molecule has 0 N–H and O–H groups in total. The molecule has 1 aliphatic rings. The van der Waals surface area contributed by atoms with E-state index in [4.69, 9.17) is 26.4 Å². The summed E-state index contributed by atoms with van der Waals surface area (Å²) in [6, 6.07) is 9.82. The van der Waals surface area contributed by atoms with Gasteiger partial charge in [-0.05, 0) is 42.0 Å². The fourth-order valence-corrected chi connectivity index (χ4v) is 5.21. The molecule has 3 aromatic heterocycles. The quantitative estimate of drug-likeness (QED) is 0.411. The molecule has 3 atom stereocenters. The lowest BCUT2D eigenvalue weighted by atomic mass is 9.78. The minimum absolute atomic E-state index is 0.000292. The summed E-state index contributed by atoms with van der Waals surface area (Å²) in [5, 5.41) is 6.04. The SMILES string of the molecule is COCc1nn2c(ncc3c(=O)n([C@@H]4CCC[C@H](C)[C@@H]4C)ccc32)c1-c1ccc(Cl)cc1. The standard InChI is InChI=1S/C25H27ClN4O2/c1-15-5-4-6-21(16(15)2)29-12-11-22-19(25(29)31)13-27-24-23(17-7-9-18(26)10-8-17)20(14-32-3)28-30(22)24/h7-13,15-16,21H,4-6,14H2,1-3H3/t15-,16-,21+/m0/s1. The molecule has 0 unspecified atom stereocenters. The van der Waals surface area contributed by atoms with Crippen molar-refractivity contribution in [2.75, 3.05) is 7.11 Å². The molecule has 0 bridgehead atoms. The van der Waals surface area contributed by atoms with Crippen LogP contribution in [0.5, 0.6) is 0 Å². The van der Waals surface area contributed by atoms with Gasteiger partial charge in [-0.25, -0.2) is 9.50 Å². The molecule has 1 aliphatic carbocycles. The zero-order valence-electron chi connectivity index (χ0n) is 18.6. The molecule has 1 saturated carbocycles. The Morgan fingerprint density at radius 1 is 1.16 bits per heavy atom. The topological polar surface area (TPSA) is 61.4 Å². The summed E-state index contributed by atoms with van der Waals surface area (Å²) in [6.45, 7) is 4.89. The molecule has 0 spiro atoms. The summed E-state index contributed by atoms with van der Waals surface area (Å²) < 4.78 is 9.09. The van der Waals surface area contributed by atoms with Gasteiger partial charge >= 0.3 is 0 Å². The van der Waals surface area contributed by atoms with Gasteiger partial charge in [-0.3, -0.25) is 4.79 Å². The third-order valence-corrected chi connectivity index (χ3v) is 7.30. The average molecular weight is 451 g/mol. The van der Waals surface area contributed by atoms with Gasteiger partial charge in [0.1, 0.15) is 0 Å². The Morgan fingerprint density at radius 3 is 2.69 bits per heavy atom. The second-order valence-electron chi connectivity index (χ2n) is 8.92. The second kappa shape index (κ2) is 8.34. The molecule has 0 radical (unpaired) electrons. The Balaban J connectivity index is 1.70. The van der Waals surface area contributed by atoms with Crippen molar-refractivity contribution in [2.24, 2.45) is 11.8 Å². The van der Waals surface area contributed by atoms with Gasteiger partial charge in [0.2, 0.25) is 0 Å². The van der Waals surface area contributed by atoms with Crippen LogP contribution in [-0.2, 0) is 11.3 Å². The molecule has 6 nitrogen and oxygen atoms in total. The zero-order valence-corrected chi connectivity index (χ0v) is 19.3. The van der Waals surface area contributed by atoms with Crippen molar-refractivity contribution in [1.82, 2.24) is 19.2 Å². The molecule has 166 valence electrons. The smallest absolute Gasteiger partial charge is 0.261 e. The number of methoxy groups -OCH3 is 1. The Morgan fingerprint density at radius 2 is 1.94 bits per heavy atom. The van der Waals surface area contributed by atoms with Crippen molar-refractivity contribution in [3.05, 3.63) is 63.8 Å². The first-order valence-electron chi connectivity index (χ1n) is 11.2. The van der Waals surface area contributed by atoms with Gasteiger partial charge in [-0.1, -0.05) is 50.4 Å². The van der Waals surface area contributed by atoms with Gasteiger partial charge in [0.05, 0.1) is 28.8 Å². The maximum atomic E-state index is 13.5. The number of fused-ring (bicyclic) bond motifs is 3. The maximum absolute atomic E-state index is 13.5. The van der Waals surface area contributed by atoms with Crippen molar-refractivity contribution in [2.45, 2.75) is 45.8 Å². The summed E-state index contributed by atoms with van der Waals surface area (Å²) in [4.78, 5) is 18.2. The van der Waals surface area contributed by atoms with Crippen molar-refractivity contribution >= 4 is 28.2 Å². The van der Waals surface area contributed by atoms with Crippen LogP contribution in [0.1, 0.15) is 44.8 Å². The number of rotatable bonds is 4. The largest absolute Gasteiger partial charge is 0.378 e. The number of halogens is 1. The Hall–Kier alpha value is -2.70. The fraction of sp³-hybridized carbons (Fsp3) is 0.400. The molecule has 3 heterocycles. The molecule has 1 fully saturated rings. The van der Waals surface area contributed by atoms with E-state index in [0.29, 0.717) is 34.5 Å². The molecule has 4 aromatic rings. The fourth-order valence-electron chi connectivity index (χ4n) is 5.09. The number of aromatic nitrogens is 4.